The lowest BCUT2D eigenvalue weighted by Crippen LogP contribution is -2.39. The molecule has 0 saturated carbocycles. The van der Waals surface area contributed by atoms with Gasteiger partial charge in [0.2, 0.25) is 15.9 Å². The molecule has 0 spiro atoms. The molecule has 0 aliphatic rings. The first-order valence-corrected chi connectivity index (χ1v) is 11.2. The molecule has 2 N–H and O–H groups in total. The van der Waals surface area contributed by atoms with E-state index in [1.165, 1.54) is 31.3 Å². The van der Waals surface area contributed by atoms with Gasteiger partial charge in [-0.15, -0.1) is 0 Å². The molecule has 3 rings (SSSR count). The Labute approximate surface area is 185 Å². The molecule has 0 aliphatic carbocycles. The van der Waals surface area contributed by atoms with E-state index in [9.17, 15) is 13.2 Å². The number of fused-ring (bicyclic) bond motifs is 1. The zero-order valence-electron chi connectivity index (χ0n) is 16.1. The predicted molar refractivity (Wildman–Crippen MR) is 120 cm³/mol. The first kappa shape index (κ1) is 22.3. The fourth-order valence-corrected chi connectivity index (χ4v) is 4.22. The van der Waals surface area contributed by atoms with Crippen LogP contribution >= 0.6 is 23.2 Å². The molecule has 1 aromatic heterocycles. The van der Waals surface area contributed by atoms with Gasteiger partial charge in [-0.3, -0.25) is 9.78 Å². The summed E-state index contributed by atoms with van der Waals surface area (Å²) in [6.45, 7) is 0.494. The van der Waals surface area contributed by atoms with Gasteiger partial charge in [-0.05, 0) is 48.5 Å². The number of hydrogen-bond donors (Lipinski definition) is 2. The number of rotatable bonds is 8. The van der Waals surface area contributed by atoms with Crippen molar-refractivity contribution in [1.29, 1.82) is 0 Å². The van der Waals surface area contributed by atoms with E-state index in [0.717, 1.165) is 20.9 Å². The molecule has 158 valence electrons. The number of amides is 1. The quantitative estimate of drug-likeness (QED) is 0.496. The summed E-state index contributed by atoms with van der Waals surface area (Å²) in [7, 11) is -2.41. The van der Waals surface area contributed by atoms with Crippen molar-refractivity contribution in [3.63, 3.8) is 0 Å². The van der Waals surface area contributed by atoms with E-state index >= 15 is 0 Å². The minimum atomic E-state index is -3.77. The van der Waals surface area contributed by atoms with Crippen molar-refractivity contribution >= 4 is 55.7 Å². The fraction of sp³-hybridized carbons (Fsp3) is 0.200. The third-order valence-electron chi connectivity index (χ3n) is 4.36. The van der Waals surface area contributed by atoms with Crippen molar-refractivity contribution in [3.05, 3.63) is 64.8 Å². The number of anilines is 1. The Balaban J connectivity index is 1.51. The van der Waals surface area contributed by atoms with Gasteiger partial charge in [0.05, 0.1) is 17.0 Å². The Hall–Kier alpha value is -2.39. The molecule has 0 unspecified atom stereocenters. The minimum absolute atomic E-state index is 0.0773. The highest BCUT2D eigenvalue weighted by Gasteiger charge is 2.22. The maximum atomic E-state index is 12.5. The number of likely N-dealkylation sites (N-methyl/N-ethyl adjacent to an activating group) is 1. The predicted octanol–water partition coefficient (Wildman–Crippen LogP) is 3.39. The normalized spacial score (nSPS) is 11.6. The van der Waals surface area contributed by atoms with Crippen LogP contribution in [0.15, 0.2) is 59.6 Å². The van der Waals surface area contributed by atoms with Gasteiger partial charge in [0.15, 0.2) is 0 Å². The van der Waals surface area contributed by atoms with Crippen molar-refractivity contribution in [3.8, 4) is 0 Å². The Morgan fingerprint density at radius 2 is 1.73 bits per heavy atom. The summed E-state index contributed by atoms with van der Waals surface area (Å²) < 4.78 is 26.0. The lowest BCUT2D eigenvalue weighted by Gasteiger charge is -2.17. The maximum Gasteiger partial charge on any atom is 0.243 e. The van der Waals surface area contributed by atoms with Gasteiger partial charge in [-0.1, -0.05) is 23.2 Å². The van der Waals surface area contributed by atoms with Crippen LogP contribution in [0.2, 0.25) is 10.0 Å². The van der Waals surface area contributed by atoms with Gasteiger partial charge in [0.25, 0.3) is 0 Å². The van der Waals surface area contributed by atoms with Crippen LogP contribution in [0.25, 0.3) is 10.9 Å². The van der Waals surface area contributed by atoms with Gasteiger partial charge >= 0.3 is 0 Å². The molecule has 0 bridgehead atoms. The highest BCUT2D eigenvalue weighted by Crippen LogP contribution is 2.24. The van der Waals surface area contributed by atoms with Gasteiger partial charge in [0, 0.05) is 47.5 Å². The van der Waals surface area contributed by atoms with Gasteiger partial charge < -0.3 is 10.6 Å². The summed E-state index contributed by atoms with van der Waals surface area (Å²) in [5.41, 5.74) is 1.64. The smallest absolute Gasteiger partial charge is 0.243 e. The van der Waals surface area contributed by atoms with Crippen LogP contribution in [0, 0.1) is 0 Å². The molecule has 2 aromatic carbocycles. The molecular weight excluding hydrogens is 447 g/mol. The molecule has 0 radical (unpaired) electrons. The average molecular weight is 467 g/mol. The second-order valence-electron chi connectivity index (χ2n) is 6.51. The van der Waals surface area contributed by atoms with Crippen LogP contribution in [0.3, 0.4) is 0 Å². The molecule has 7 nitrogen and oxygen atoms in total. The van der Waals surface area contributed by atoms with Crippen LogP contribution in [0.5, 0.6) is 0 Å². The second kappa shape index (κ2) is 9.61. The number of nitrogens with one attached hydrogen (secondary N) is 2. The number of aromatic nitrogens is 1. The molecule has 30 heavy (non-hydrogen) atoms. The van der Waals surface area contributed by atoms with Gasteiger partial charge in [-0.2, -0.15) is 4.31 Å². The van der Waals surface area contributed by atoms with E-state index in [-0.39, 0.29) is 11.4 Å². The molecular formula is C20H20Cl2N4O3S. The number of hydrogen-bond acceptors (Lipinski definition) is 5. The number of pyridine rings is 1. The minimum Gasteiger partial charge on any atom is -0.383 e. The first-order chi connectivity index (χ1) is 14.3. The summed E-state index contributed by atoms with van der Waals surface area (Å²) in [4.78, 5) is 16.5. The average Bonchev–Trinajstić information content (AvgIpc) is 2.71. The van der Waals surface area contributed by atoms with E-state index in [1.807, 2.05) is 12.1 Å². The third kappa shape index (κ3) is 5.40. The highest BCUT2D eigenvalue weighted by molar-refractivity contribution is 7.89. The number of sulfonamides is 1. The molecule has 1 amide bonds. The monoisotopic (exact) mass is 466 g/mol. The largest absolute Gasteiger partial charge is 0.383 e. The molecule has 0 aliphatic heterocycles. The highest BCUT2D eigenvalue weighted by atomic mass is 35.5. The maximum absolute atomic E-state index is 12.5. The molecule has 0 fully saturated rings. The number of nitrogens with zero attached hydrogens (tertiary/aromatic N) is 2. The van der Waals surface area contributed by atoms with Gasteiger partial charge in [0.1, 0.15) is 0 Å². The van der Waals surface area contributed by atoms with Crippen LogP contribution in [0.1, 0.15) is 0 Å². The van der Waals surface area contributed by atoms with Gasteiger partial charge in [-0.25, -0.2) is 8.42 Å². The SMILES string of the molecule is CN(CC(=O)NCCNc1ccnc2cc(Cl)ccc12)S(=O)(=O)c1ccc(Cl)cc1. The van der Waals surface area contributed by atoms with E-state index in [1.54, 1.807) is 18.3 Å². The van der Waals surface area contributed by atoms with Crippen molar-refractivity contribution < 1.29 is 13.2 Å². The molecule has 3 aromatic rings. The summed E-state index contributed by atoms with van der Waals surface area (Å²) in [5, 5.41) is 7.91. The standard InChI is InChI=1S/C20H20Cl2N4O3S/c1-26(30(28,29)16-5-2-14(21)3-6-16)13-20(27)25-11-10-24-18-8-9-23-19-12-15(22)4-7-17(18)19/h2-9,12H,10-11,13H2,1H3,(H,23,24)(H,25,27). The van der Waals surface area contributed by atoms with Crippen molar-refractivity contribution in [2.24, 2.45) is 0 Å². The molecule has 0 atom stereocenters. The number of carbonyl (C=O) groups excluding carboxylic acids is 1. The second-order valence-corrected chi connectivity index (χ2v) is 9.43. The van der Waals surface area contributed by atoms with E-state index < -0.39 is 15.9 Å². The molecule has 0 saturated heterocycles. The summed E-state index contributed by atoms with van der Waals surface area (Å²) in [6, 6.07) is 13.1. The van der Waals surface area contributed by atoms with E-state index in [0.29, 0.717) is 23.1 Å². The first-order valence-electron chi connectivity index (χ1n) is 9.04. The van der Waals surface area contributed by atoms with Crippen LogP contribution in [-0.2, 0) is 14.8 Å². The fourth-order valence-electron chi connectivity index (χ4n) is 2.80. The zero-order chi connectivity index (χ0) is 21.7. The Morgan fingerprint density at radius 3 is 2.47 bits per heavy atom. The topological polar surface area (TPSA) is 91.4 Å². The number of benzene rings is 2. The van der Waals surface area contributed by atoms with Crippen LogP contribution in [-0.4, -0.2) is 50.3 Å². The Kier molecular flexibility index (Phi) is 7.14. The van der Waals surface area contributed by atoms with Crippen molar-refractivity contribution in [1.82, 2.24) is 14.6 Å². The summed E-state index contributed by atoms with van der Waals surface area (Å²) in [5.74, 6) is -0.400. The van der Waals surface area contributed by atoms with E-state index in [2.05, 4.69) is 15.6 Å². The van der Waals surface area contributed by atoms with Crippen LogP contribution in [0.4, 0.5) is 5.69 Å². The molecule has 10 heteroatoms. The van der Waals surface area contributed by atoms with E-state index in [4.69, 9.17) is 23.2 Å². The summed E-state index contributed by atoms with van der Waals surface area (Å²) >= 11 is 11.8. The lowest BCUT2D eigenvalue weighted by molar-refractivity contribution is -0.121. The number of halogens is 2. The van der Waals surface area contributed by atoms with Crippen molar-refractivity contribution in [2.45, 2.75) is 4.90 Å². The molecule has 1 heterocycles. The van der Waals surface area contributed by atoms with Crippen molar-refractivity contribution in [2.75, 3.05) is 32.0 Å². The Bertz CT molecular complexity index is 1150. The zero-order valence-corrected chi connectivity index (χ0v) is 18.4. The number of carbonyl (C=O) groups is 1. The Morgan fingerprint density at radius 1 is 1.03 bits per heavy atom. The summed E-state index contributed by atoms with van der Waals surface area (Å²) in [6.07, 6.45) is 1.68. The third-order valence-corrected chi connectivity index (χ3v) is 6.66. The van der Waals surface area contributed by atoms with Crippen LogP contribution < -0.4 is 10.6 Å². The lowest BCUT2D eigenvalue weighted by atomic mass is 10.2.